The molecule has 0 radical (unpaired) electrons. The molecule has 2 rings (SSSR count). The zero-order valence-electron chi connectivity index (χ0n) is 11.4. The number of nitrogens with zero attached hydrogens (tertiary/aromatic N) is 2. The molecule has 6 heteroatoms. The fourth-order valence-electron chi connectivity index (χ4n) is 2.58. The van der Waals surface area contributed by atoms with Gasteiger partial charge in [0, 0.05) is 31.3 Å². The molecule has 1 fully saturated rings. The van der Waals surface area contributed by atoms with Gasteiger partial charge in [-0.15, -0.1) is 0 Å². The van der Waals surface area contributed by atoms with Gasteiger partial charge in [0.15, 0.2) is 0 Å². The minimum absolute atomic E-state index is 0.144. The lowest BCUT2D eigenvalue weighted by atomic mass is 10.2. The molecule has 108 valence electrons. The second kappa shape index (κ2) is 5.90. The van der Waals surface area contributed by atoms with E-state index in [0.717, 1.165) is 5.69 Å². The van der Waals surface area contributed by atoms with Crippen LogP contribution >= 0.6 is 0 Å². The van der Waals surface area contributed by atoms with Crippen LogP contribution in [0.15, 0.2) is 23.0 Å². The predicted octanol–water partition coefficient (Wildman–Crippen LogP) is 0.622. The Hall–Kier alpha value is -2.11. The Labute approximate surface area is 116 Å². The van der Waals surface area contributed by atoms with Gasteiger partial charge < -0.3 is 14.6 Å². The minimum atomic E-state index is -0.955. The first-order valence-electron chi connectivity index (χ1n) is 6.69. The number of carboxylic acid groups (broad SMARTS) is 1. The molecule has 1 amide bonds. The van der Waals surface area contributed by atoms with Crippen LogP contribution in [0.2, 0.25) is 0 Å². The Morgan fingerprint density at radius 1 is 1.40 bits per heavy atom. The van der Waals surface area contributed by atoms with Crippen molar-refractivity contribution in [3.8, 4) is 0 Å². The molecule has 0 saturated carbocycles. The van der Waals surface area contributed by atoms with Crippen LogP contribution in [0, 0.1) is 6.92 Å². The minimum Gasteiger partial charge on any atom is -0.480 e. The number of carboxylic acids is 1. The highest BCUT2D eigenvalue weighted by molar-refractivity contribution is 5.84. The van der Waals surface area contributed by atoms with Gasteiger partial charge in [0.05, 0.1) is 0 Å². The van der Waals surface area contributed by atoms with E-state index in [1.165, 1.54) is 15.5 Å². The number of likely N-dealkylation sites (tertiary alicyclic amines) is 1. The van der Waals surface area contributed by atoms with Crippen LogP contribution in [0.4, 0.5) is 0 Å². The summed E-state index contributed by atoms with van der Waals surface area (Å²) in [6, 6.07) is 4.22. The second-order valence-electron chi connectivity index (χ2n) is 4.99. The molecule has 1 atom stereocenters. The van der Waals surface area contributed by atoms with Gasteiger partial charge in [0.25, 0.3) is 5.56 Å². The topological polar surface area (TPSA) is 79.6 Å². The fraction of sp³-hybridized carbons (Fsp3) is 0.500. The first-order chi connectivity index (χ1) is 9.50. The van der Waals surface area contributed by atoms with Crippen molar-refractivity contribution >= 4 is 11.9 Å². The monoisotopic (exact) mass is 278 g/mol. The molecule has 20 heavy (non-hydrogen) atoms. The molecule has 1 aromatic rings. The average Bonchev–Trinajstić information content (AvgIpc) is 2.87. The number of carbonyl (C=O) groups is 2. The molecule has 0 bridgehead atoms. The molecule has 1 unspecified atom stereocenters. The molecule has 1 aliphatic heterocycles. The number of hydrogen-bond donors (Lipinski definition) is 1. The van der Waals surface area contributed by atoms with Gasteiger partial charge in [-0.2, -0.15) is 0 Å². The smallest absolute Gasteiger partial charge is 0.326 e. The van der Waals surface area contributed by atoms with Crippen LogP contribution in [0.1, 0.15) is 25.0 Å². The highest BCUT2D eigenvalue weighted by Gasteiger charge is 2.33. The molecule has 2 heterocycles. The molecule has 1 N–H and O–H groups in total. The molecule has 0 spiro atoms. The summed E-state index contributed by atoms with van der Waals surface area (Å²) in [5.41, 5.74) is 0.649. The average molecular weight is 278 g/mol. The molecule has 0 aliphatic carbocycles. The number of aliphatic carboxylic acids is 1. The van der Waals surface area contributed by atoms with E-state index in [1.807, 2.05) is 13.0 Å². The summed E-state index contributed by atoms with van der Waals surface area (Å²) < 4.78 is 1.53. The Morgan fingerprint density at radius 2 is 2.15 bits per heavy atom. The van der Waals surface area contributed by atoms with Crippen molar-refractivity contribution in [1.29, 1.82) is 0 Å². The second-order valence-corrected chi connectivity index (χ2v) is 4.99. The number of pyridine rings is 1. The number of carbonyl (C=O) groups excluding carboxylic acids is 1. The van der Waals surface area contributed by atoms with Crippen molar-refractivity contribution in [1.82, 2.24) is 9.47 Å². The Kier molecular flexibility index (Phi) is 4.22. The SMILES string of the molecule is Cc1cccc(=O)n1CCC(=O)N1CCCC1C(=O)O. The number of hydrogen-bond acceptors (Lipinski definition) is 3. The molecule has 1 aliphatic rings. The summed E-state index contributed by atoms with van der Waals surface area (Å²) >= 11 is 0. The van der Waals surface area contributed by atoms with Crippen molar-refractivity contribution in [3.05, 3.63) is 34.2 Å². The summed E-state index contributed by atoms with van der Waals surface area (Å²) in [5.74, 6) is -1.16. The van der Waals surface area contributed by atoms with Crippen LogP contribution in [-0.2, 0) is 16.1 Å². The van der Waals surface area contributed by atoms with E-state index >= 15 is 0 Å². The van der Waals surface area contributed by atoms with Gasteiger partial charge in [-0.1, -0.05) is 6.07 Å². The van der Waals surface area contributed by atoms with Crippen LogP contribution in [0.5, 0.6) is 0 Å². The van der Waals surface area contributed by atoms with E-state index in [2.05, 4.69) is 0 Å². The van der Waals surface area contributed by atoms with Crippen LogP contribution < -0.4 is 5.56 Å². The van der Waals surface area contributed by atoms with E-state index in [4.69, 9.17) is 5.11 Å². The van der Waals surface area contributed by atoms with Crippen LogP contribution in [0.25, 0.3) is 0 Å². The number of aromatic nitrogens is 1. The molecule has 1 saturated heterocycles. The summed E-state index contributed by atoms with van der Waals surface area (Å²) in [4.78, 5) is 36.3. The largest absolute Gasteiger partial charge is 0.480 e. The van der Waals surface area contributed by atoms with Crippen molar-refractivity contribution in [2.45, 2.75) is 38.8 Å². The van der Waals surface area contributed by atoms with E-state index in [9.17, 15) is 14.4 Å². The highest BCUT2D eigenvalue weighted by atomic mass is 16.4. The van der Waals surface area contributed by atoms with Crippen LogP contribution in [0.3, 0.4) is 0 Å². The number of rotatable bonds is 4. The van der Waals surface area contributed by atoms with Gasteiger partial charge in [-0.05, 0) is 25.8 Å². The summed E-state index contributed by atoms with van der Waals surface area (Å²) in [7, 11) is 0. The third-order valence-electron chi connectivity index (χ3n) is 3.68. The Morgan fingerprint density at radius 3 is 2.80 bits per heavy atom. The Bertz CT molecular complexity index is 579. The molecular formula is C14H18N2O4. The van der Waals surface area contributed by atoms with Gasteiger partial charge in [0.1, 0.15) is 6.04 Å². The molecule has 6 nitrogen and oxygen atoms in total. The standard InChI is InChI=1S/C14H18N2O4/c1-10-4-2-6-12(17)15(10)9-7-13(18)16-8-3-5-11(16)14(19)20/h2,4,6,11H,3,5,7-9H2,1H3,(H,19,20). The third kappa shape index (κ3) is 2.89. The van der Waals surface area contributed by atoms with Crippen LogP contribution in [-0.4, -0.2) is 39.0 Å². The Balaban J connectivity index is 2.02. The lowest BCUT2D eigenvalue weighted by molar-refractivity contribution is -0.148. The third-order valence-corrected chi connectivity index (χ3v) is 3.68. The normalized spacial score (nSPS) is 18.2. The van der Waals surface area contributed by atoms with Gasteiger partial charge in [-0.3, -0.25) is 9.59 Å². The van der Waals surface area contributed by atoms with Crippen molar-refractivity contribution in [2.24, 2.45) is 0 Å². The van der Waals surface area contributed by atoms with Gasteiger partial charge >= 0.3 is 5.97 Å². The van der Waals surface area contributed by atoms with E-state index in [1.54, 1.807) is 6.07 Å². The first kappa shape index (κ1) is 14.3. The van der Waals surface area contributed by atoms with Gasteiger partial charge in [-0.25, -0.2) is 4.79 Å². The lowest BCUT2D eigenvalue weighted by Gasteiger charge is -2.21. The molecule has 0 aromatic carbocycles. The molecular weight excluding hydrogens is 260 g/mol. The lowest BCUT2D eigenvalue weighted by Crippen LogP contribution is -2.41. The maximum atomic E-state index is 12.1. The van der Waals surface area contributed by atoms with Crippen molar-refractivity contribution in [2.75, 3.05) is 6.54 Å². The highest BCUT2D eigenvalue weighted by Crippen LogP contribution is 2.18. The quantitative estimate of drug-likeness (QED) is 0.875. The predicted molar refractivity (Wildman–Crippen MR) is 72.4 cm³/mol. The maximum absolute atomic E-state index is 12.1. The van der Waals surface area contributed by atoms with Crippen molar-refractivity contribution in [3.63, 3.8) is 0 Å². The summed E-state index contributed by atoms with van der Waals surface area (Å²) in [6.45, 7) is 2.58. The van der Waals surface area contributed by atoms with Crippen molar-refractivity contribution < 1.29 is 14.7 Å². The fourth-order valence-corrected chi connectivity index (χ4v) is 2.58. The number of aryl methyl sites for hydroxylation is 1. The van der Waals surface area contributed by atoms with E-state index < -0.39 is 12.0 Å². The zero-order chi connectivity index (χ0) is 14.7. The first-order valence-corrected chi connectivity index (χ1v) is 6.69. The zero-order valence-corrected chi connectivity index (χ0v) is 11.4. The summed E-state index contributed by atoms with van der Waals surface area (Å²) in [5, 5.41) is 9.06. The molecule has 1 aromatic heterocycles. The summed E-state index contributed by atoms with van der Waals surface area (Å²) in [6.07, 6.45) is 1.37. The number of amides is 1. The van der Waals surface area contributed by atoms with Gasteiger partial charge in [0.2, 0.25) is 5.91 Å². The van der Waals surface area contributed by atoms with E-state index in [0.29, 0.717) is 19.4 Å². The maximum Gasteiger partial charge on any atom is 0.326 e. The van der Waals surface area contributed by atoms with E-state index in [-0.39, 0.29) is 24.4 Å².